The Hall–Kier alpha value is -1.88. The lowest BCUT2D eigenvalue weighted by atomic mass is 10.2. The number of hydrogen-bond donors (Lipinski definition) is 1. The molecule has 1 heterocycles. The predicted octanol–water partition coefficient (Wildman–Crippen LogP) is 1.56. The number of ether oxygens (including phenoxy) is 1. The van der Waals surface area contributed by atoms with E-state index in [1.807, 2.05) is 24.3 Å². The molecule has 0 fully saturated rings. The molecule has 0 saturated carbocycles. The van der Waals surface area contributed by atoms with Gasteiger partial charge in [-0.1, -0.05) is 24.3 Å². The third kappa shape index (κ3) is 2.68. The second-order valence-electron chi connectivity index (χ2n) is 3.99. The highest BCUT2D eigenvalue weighted by atomic mass is 16.5. The SMILES string of the molecule is CCCOc1ccccc1-n1nncc1CCN. The van der Waals surface area contributed by atoms with Crippen molar-refractivity contribution in [2.24, 2.45) is 5.73 Å². The first kappa shape index (κ1) is 12.6. The highest BCUT2D eigenvalue weighted by molar-refractivity contribution is 5.46. The number of benzene rings is 1. The van der Waals surface area contributed by atoms with E-state index in [0.29, 0.717) is 13.2 Å². The molecule has 0 atom stereocenters. The van der Waals surface area contributed by atoms with Gasteiger partial charge in [0, 0.05) is 6.42 Å². The Balaban J connectivity index is 2.33. The van der Waals surface area contributed by atoms with Gasteiger partial charge in [-0.3, -0.25) is 0 Å². The Labute approximate surface area is 107 Å². The number of hydrogen-bond acceptors (Lipinski definition) is 4. The first-order chi connectivity index (χ1) is 8.86. The highest BCUT2D eigenvalue weighted by Crippen LogP contribution is 2.23. The third-order valence-corrected chi connectivity index (χ3v) is 2.58. The summed E-state index contributed by atoms with van der Waals surface area (Å²) in [6.07, 6.45) is 3.46. The van der Waals surface area contributed by atoms with Crippen molar-refractivity contribution in [3.05, 3.63) is 36.2 Å². The number of rotatable bonds is 6. The lowest BCUT2D eigenvalue weighted by Crippen LogP contribution is -2.10. The minimum atomic E-state index is 0.575. The molecule has 5 heteroatoms. The Morgan fingerprint density at radius 2 is 2.17 bits per heavy atom. The van der Waals surface area contributed by atoms with Gasteiger partial charge in [0.25, 0.3) is 0 Å². The standard InChI is InChI=1S/C13H18N4O/c1-2-9-18-13-6-4-3-5-12(13)17-11(7-8-14)10-15-16-17/h3-6,10H,2,7-9,14H2,1H3. The van der Waals surface area contributed by atoms with Crippen molar-refractivity contribution in [1.29, 1.82) is 0 Å². The Kier molecular flexibility index (Phi) is 4.30. The molecule has 0 aliphatic rings. The Bertz CT molecular complexity index is 495. The largest absolute Gasteiger partial charge is 0.491 e. The maximum atomic E-state index is 5.72. The van der Waals surface area contributed by atoms with Gasteiger partial charge in [0.1, 0.15) is 11.4 Å². The predicted molar refractivity (Wildman–Crippen MR) is 69.9 cm³/mol. The summed E-state index contributed by atoms with van der Waals surface area (Å²) in [6, 6.07) is 7.83. The van der Waals surface area contributed by atoms with Gasteiger partial charge in [-0.15, -0.1) is 5.10 Å². The van der Waals surface area contributed by atoms with E-state index in [-0.39, 0.29) is 0 Å². The molecule has 0 saturated heterocycles. The molecule has 0 bridgehead atoms. The van der Waals surface area contributed by atoms with E-state index in [1.54, 1.807) is 10.9 Å². The van der Waals surface area contributed by atoms with Gasteiger partial charge >= 0.3 is 0 Å². The van der Waals surface area contributed by atoms with Crippen LogP contribution in [0.4, 0.5) is 0 Å². The molecule has 0 radical (unpaired) electrons. The second-order valence-corrected chi connectivity index (χ2v) is 3.99. The van der Waals surface area contributed by atoms with Gasteiger partial charge in [0.05, 0.1) is 18.5 Å². The minimum absolute atomic E-state index is 0.575. The van der Waals surface area contributed by atoms with Crippen LogP contribution in [0.1, 0.15) is 19.0 Å². The smallest absolute Gasteiger partial charge is 0.145 e. The molecule has 96 valence electrons. The second kappa shape index (κ2) is 6.16. The molecule has 2 rings (SSSR count). The molecule has 0 aliphatic heterocycles. The normalized spacial score (nSPS) is 10.6. The first-order valence-corrected chi connectivity index (χ1v) is 6.18. The summed E-state index contributed by atoms with van der Waals surface area (Å²) < 4.78 is 7.51. The van der Waals surface area contributed by atoms with Crippen LogP contribution in [0.5, 0.6) is 5.75 Å². The molecule has 5 nitrogen and oxygen atoms in total. The zero-order valence-corrected chi connectivity index (χ0v) is 10.5. The van der Waals surface area contributed by atoms with Crippen molar-refractivity contribution in [2.45, 2.75) is 19.8 Å². The summed E-state index contributed by atoms with van der Waals surface area (Å²) in [7, 11) is 0. The number of nitrogens with two attached hydrogens (primary N) is 1. The summed E-state index contributed by atoms with van der Waals surface area (Å²) >= 11 is 0. The van der Waals surface area contributed by atoms with Gasteiger partial charge in [-0.05, 0) is 25.1 Å². The van der Waals surface area contributed by atoms with Gasteiger partial charge in [0.15, 0.2) is 0 Å². The van der Waals surface area contributed by atoms with Crippen LogP contribution in [0, 0.1) is 0 Å². The summed E-state index contributed by atoms with van der Waals surface area (Å²) in [6.45, 7) is 3.35. The molecule has 1 aromatic heterocycles. The van der Waals surface area contributed by atoms with Gasteiger partial charge in [0.2, 0.25) is 0 Å². The lowest BCUT2D eigenvalue weighted by molar-refractivity contribution is 0.315. The fourth-order valence-electron chi connectivity index (χ4n) is 1.74. The minimum Gasteiger partial charge on any atom is -0.491 e. The van der Waals surface area contributed by atoms with Crippen LogP contribution in [-0.4, -0.2) is 28.1 Å². The van der Waals surface area contributed by atoms with Gasteiger partial charge < -0.3 is 10.5 Å². The number of nitrogens with zero attached hydrogens (tertiary/aromatic N) is 3. The van der Waals surface area contributed by atoms with Crippen molar-refractivity contribution in [3.63, 3.8) is 0 Å². The van der Waals surface area contributed by atoms with Crippen LogP contribution in [0.25, 0.3) is 5.69 Å². The first-order valence-electron chi connectivity index (χ1n) is 6.18. The Morgan fingerprint density at radius 1 is 1.33 bits per heavy atom. The third-order valence-electron chi connectivity index (χ3n) is 2.58. The summed E-state index contributed by atoms with van der Waals surface area (Å²) in [5.41, 5.74) is 7.48. The van der Waals surface area contributed by atoms with Crippen LogP contribution in [-0.2, 0) is 6.42 Å². The zero-order valence-electron chi connectivity index (χ0n) is 10.5. The molecule has 0 spiro atoms. The van der Waals surface area contributed by atoms with Crippen LogP contribution < -0.4 is 10.5 Å². The average Bonchev–Trinajstić information content (AvgIpc) is 2.85. The topological polar surface area (TPSA) is 66.0 Å². The molecule has 2 N–H and O–H groups in total. The van der Waals surface area contributed by atoms with Crippen molar-refractivity contribution in [2.75, 3.05) is 13.2 Å². The monoisotopic (exact) mass is 246 g/mol. The van der Waals surface area contributed by atoms with E-state index in [0.717, 1.165) is 30.0 Å². The van der Waals surface area contributed by atoms with Gasteiger partial charge in [-0.2, -0.15) is 0 Å². The van der Waals surface area contributed by atoms with Crippen LogP contribution in [0.3, 0.4) is 0 Å². The van der Waals surface area contributed by atoms with E-state index in [9.17, 15) is 0 Å². The maximum Gasteiger partial charge on any atom is 0.145 e. The zero-order chi connectivity index (χ0) is 12.8. The molecule has 1 aromatic carbocycles. The van der Waals surface area contributed by atoms with E-state index in [1.165, 1.54) is 0 Å². The summed E-state index contributed by atoms with van der Waals surface area (Å²) in [5, 5.41) is 8.05. The maximum absolute atomic E-state index is 5.72. The molecule has 18 heavy (non-hydrogen) atoms. The van der Waals surface area contributed by atoms with Crippen LogP contribution in [0.2, 0.25) is 0 Å². The number of para-hydroxylation sites is 2. The average molecular weight is 246 g/mol. The fourth-order valence-corrected chi connectivity index (χ4v) is 1.74. The molecule has 2 aromatic rings. The van der Waals surface area contributed by atoms with Crippen LogP contribution >= 0.6 is 0 Å². The highest BCUT2D eigenvalue weighted by Gasteiger charge is 2.10. The Morgan fingerprint density at radius 3 is 2.94 bits per heavy atom. The number of aromatic nitrogens is 3. The molecule has 0 unspecified atom stereocenters. The van der Waals surface area contributed by atoms with E-state index in [4.69, 9.17) is 10.5 Å². The molecule has 0 aliphatic carbocycles. The summed E-state index contributed by atoms with van der Waals surface area (Å²) in [5.74, 6) is 0.822. The van der Waals surface area contributed by atoms with Crippen LogP contribution in [0.15, 0.2) is 30.5 Å². The van der Waals surface area contributed by atoms with Crippen molar-refractivity contribution >= 4 is 0 Å². The van der Waals surface area contributed by atoms with E-state index in [2.05, 4.69) is 17.2 Å². The van der Waals surface area contributed by atoms with E-state index < -0.39 is 0 Å². The summed E-state index contributed by atoms with van der Waals surface area (Å²) in [4.78, 5) is 0. The van der Waals surface area contributed by atoms with Gasteiger partial charge in [-0.25, -0.2) is 4.68 Å². The molecule has 0 amide bonds. The molecular formula is C13H18N4O. The molecular weight excluding hydrogens is 228 g/mol. The quantitative estimate of drug-likeness (QED) is 0.840. The van der Waals surface area contributed by atoms with E-state index >= 15 is 0 Å². The fraction of sp³-hybridized carbons (Fsp3) is 0.385. The van der Waals surface area contributed by atoms with Crippen molar-refractivity contribution < 1.29 is 4.74 Å². The van der Waals surface area contributed by atoms with Crippen molar-refractivity contribution in [3.8, 4) is 11.4 Å². The van der Waals surface area contributed by atoms with Crippen molar-refractivity contribution in [1.82, 2.24) is 15.0 Å². The lowest BCUT2D eigenvalue weighted by Gasteiger charge is -2.12.